The van der Waals surface area contributed by atoms with Crippen molar-refractivity contribution in [2.75, 3.05) is 13.3 Å². The summed E-state index contributed by atoms with van der Waals surface area (Å²) in [6, 6.07) is 0. The van der Waals surface area contributed by atoms with E-state index < -0.39 is 22.7 Å². The molecule has 0 aliphatic heterocycles. The number of aliphatic carboxylic acids is 1. The van der Waals surface area contributed by atoms with E-state index in [1.54, 1.807) is 27.7 Å². The molecule has 0 unspecified atom stereocenters. The van der Waals surface area contributed by atoms with E-state index in [0.29, 0.717) is 0 Å². The Morgan fingerprint density at radius 2 is 1.50 bits per heavy atom. The molecular weight excluding hydrogens is 288 g/mol. The molecule has 0 saturated carbocycles. The number of ether oxygens (including phenoxy) is 2. The number of carboxylic acids is 1. The Balaban J connectivity index is 4.45. The van der Waals surface area contributed by atoms with Crippen LogP contribution < -0.4 is 11.1 Å². The van der Waals surface area contributed by atoms with Crippen LogP contribution in [0.5, 0.6) is 0 Å². The quantitative estimate of drug-likeness (QED) is 0.523. The average molecular weight is 318 g/mol. The van der Waals surface area contributed by atoms with Crippen molar-refractivity contribution in [1.29, 1.82) is 0 Å². The first-order valence-electron chi connectivity index (χ1n) is 7.29. The highest BCUT2D eigenvalue weighted by molar-refractivity contribution is 5.77. The zero-order chi connectivity index (χ0) is 17.6. The maximum atomic E-state index is 12.1. The lowest BCUT2D eigenvalue weighted by Crippen LogP contribution is -2.50. The number of nitrogens with one attached hydrogen (secondary N) is 1. The fourth-order valence-electron chi connectivity index (χ4n) is 1.91. The van der Waals surface area contributed by atoms with Gasteiger partial charge in [-0.3, -0.25) is 9.59 Å². The molecule has 7 nitrogen and oxygen atoms in total. The number of nitrogens with two attached hydrogens (primary N) is 1. The fourth-order valence-corrected chi connectivity index (χ4v) is 1.91. The van der Waals surface area contributed by atoms with Crippen molar-refractivity contribution in [3.63, 3.8) is 0 Å². The second-order valence-corrected chi connectivity index (χ2v) is 7.30. The molecule has 4 N–H and O–H groups in total. The molecule has 0 bridgehead atoms. The summed E-state index contributed by atoms with van der Waals surface area (Å²) in [6.07, 6.45) is 0.0700. The molecule has 0 aromatic rings. The van der Waals surface area contributed by atoms with E-state index in [0.717, 1.165) is 0 Å². The Morgan fingerprint density at radius 3 is 1.95 bits per heavy atom. The van der Waals surface area contributed by atoms with Crippen molar-refractivity contribution in [2.24, 2.45) is 5.73 Å². The Hall–Kier alpha value is -1.18. The van der Waals surface area contributed by atoms with Gasteiger partial charge in [-0.15, -0.1) is 0 Å². The summed E-state index contributed by atoms with van der Waals surface area (Å²) in [4.78, 5) is 22.8. The third-order valence-corrected chi connectivity index (χ3v) is 2.94. The summed E-state index contributed by atoms with van der Waals surface area (Å²) in [6.45, 7) is 10.9. The van der Waals surface area contributed by atoms with Gasteiger partial charge in [0.25, 0.3) is 0 Å². The number of carbonyl (C=O) groups excluding carboxylic acids is 1. The molecule has 0 aliphatic carbocycles. The van der Waals surface area contributed by atoms with Crippen molar-refractivity contribution >= 4 is 11.9 Å². The van der Waals surface area contributed by atoms with Crippen LogP contribution in [0.15, 0.2) is 0 Å². The lowest BCUT2D eigenvalue weighted by atomic mass is 10.0. The van der Waals surface area contributed by atoms with E-state index in [4.69, 9.17) is 20.3 Å². The summed E-state index contributed by atoms with van der Waals surface area (Å²) in [5.74, 6) is -1.10. The summed E-state index contributed by atoms with van der Waals surface area (Å²) >= 11 is 0. The van der Waals surface area contributed by atoms with Gasteiger partial charge in [0.05, 0.1) is 42.9 Å². The third-order valence-electron chi connectivity index (χ3n) is 2.94. The minimum atomic E-state index is -0.924. The van der Waals surface area contributed by atoms with Gasteiger partial charge < -0.3 is 25.6 Å². The third kappa shape index (κ3) is 9.70. The van der Waals surface area contributed by atoms with Crippen molar-refractivity contribution < 1.29 is 24.2 Å². The van der Waals surface area contributed by atoms with Crippen LogP contribution in [-0.2, 0) is 19.1 Å². The van der Waals surface area contributed by atoms with Crippen molar-refractivity contribution in [3.05, 3.63) is 0 Å². The summed E-state index contributed by atoms with van der Waals surface area (Å²) < 4.78 is 10.9. The summed E-state index contributed by atoms with van der Waals surface area (Å²) in [7, 11) is 0. The Bertz CT molecular complexity index is 391. The van der Waals surface area contributed by atoms with Gasteiger partial charge in [0, 0.05) is 0 Å². The molecule has 1 amide bonds. The van der Waals surface area contributed by atoms with Crippen LogP contribution in [0, 0.1) is 0 Å². The van der Waals surface area contributed by atoms with Crippen molar-refractivity contribution in [2.45, 2.75) is 71.1 Å². The molecule has 0 heterocycles. The molecular formula is C15H30N2O5. The van der Waals surface area contributed by atoms with Gasteiger partial charge in [-0.05, 0) is 41.5 Å². The second kappa shape index (κ2) is 7.89. The average Bonchev–Trinajstić information content (AvgIpc) is 2.22. The highest BCUT2D eigenvalue weighted by Gasteiger charge is 2.30. The van der Waals surface area contributed by atoms with E-state index >= 15 is 0 Å². The van der Waals surface area contributed by atoms with Crippen LogP contribution in [0.1, 0.15) is 54.4 Å². The number of rotatable bonds is 10. The van der Waals surface area contributed by atoms with Crippen LogP contribution in [0.2, 0.25) is 0 Å². The van der Waals surface area contributed by atoms with E-state index in [1.165, 1.54) is 0 Å². The standard InChI is InChI=1S/C15H30N2O5/c1-13(2,9-21-15(5,6)8-12(19)20)17-11(18)7-14(3,4)22-10-16/h7-10,16H2,1-6H3,(H,17,18)(H,19,20). The first kappa shape index (κ1) is 20.8. The zero-order valence-electron chi connectivity index (χ0n) is 14.5. The zero-order valence-corrected chi connectivity index (χ0v) is 14.5. The van der Waals surface area contributed by atoms with E-state index in [1.807, 2.05) is 13.8 Å². The summed E-state index contributed by atoms with van der Waals surface area (Å²) in [5, 5.41) is 11.7. The SMILES string of the molecule is CC(C)(COC(C)(C)CC(=O)O)NC(=O)CC(C)(C)OCN. The number of hydrogen-bond acceptors (Lipinski definition) is 5. The van der Waals surface area contributed by atoms with Crippen LogP contribution in [0.3, 0.4) is 0 Å². The molecule has 22 heavy (non-hydrogen) atoms. The molecule has 130 valence electrons. The number of hydrogen-bond donors (Lipinski definition) is 3. The molecule has 0 radical (unpaired) electrons. The monoisotopic (exact) mass is 318 g/mol. The number of carboxylic acid groups (broad SMARTS) is 1. The highest BCUT2D eigenvalue weighted by Crippen LogP contribution is 2.18. The van der Waals surface area contributed by atoms with Crippen molar-refractivity contribution in [3.8, 4) is 0 Å². The van der Waals surface area contributed by atoms with Gasteiger partial charge in [-0.1, -0.05) is 0 Å². The molecule has 0 aromatic carbocycles. The van der Waals surface area contributed by atoms with E-state index in [2.05, 4.69) is 5.32 Å². The van der Waals surface area contributed by atoms with Gasteiger partial charge in [-0.25, -0.2) is 0 Å². The first-order chi connectivity index (χ1) is 9.79. The largest absolute Gasteiger partial charge is 0.481 e. The maximum absolute atomic E-state index is 12.1. The maximum Gasteiger partial charge on any atom is 0.306 e. The van der Waals surface area contributed by atoms with E-state index in [9.17, 15) is 9.59 Å². The molecule has 0 spiro atoms. The highest BCUT2D eigenvalue weighted by atomic mass is 16.5. The number of amides is 1. The molecule has 0 aliphatic rings. The van der Waals surface area contributed by atoms with Crippen LogP contribution in [-0.4, -0.2) is 47.1 Å². The van der Waals surface area contributed by atoms with Gasteiger partial charge in [0.2, 0.25) is 5.91 Å². The van der Waals surface area contributed by atoms with Crippen LogP contribution >= 0.6 is 0 Å². The van der Waals surface area contributed by atoms with Crippen LogP contribution in [0.25, 0.3) is 0 Å². The lowest BCUT2D eigenvalue weighted by molar-refractivity contribution is -0.146. The Kier molecular flexibility index (Phi) is 7.47. The second-order valence-electron chi connectivity index (χ2n) is 7.30. The molecule has 7 heteroatoms. The smallest absolute Gasteiger partial charge is 0.306 e. The minimum absolute atomic E-state index is 0.0517. The topological polar surface area (TPSA) is 111 Å². The van der Waals surface area contributed by atoms with Gasteiger partial charge in [0.1, 0.15) is 0 Å². The Labute approximate surface area is 132 Å². The lowest BCUT2D eigenvalue weighted by Gasteiger charge is -2.33. The summed E-state index contributed by atoms with van der Waals surface area (Å²) in [5.41, 5.74) is 3.28. The molecule has 0 saturated heterocycles. The van der Waals surface area contributed by atoms with Gasteiger partial charge in [0.15, 0.2) is 0 Å². The number of carbonyl (C=O) groups is 2. The minimum Gasteiger partial charge on any atom is -0.481 e. The fraction of sp³-hybridized carbons (Fsp3) is 0.867. The first-order valence-corrected chi connectivity index (χ1v) is 7.29. The molecule has 0 rings (SSSR count). The molecule has 0 aromatic heterocycles. The Morgan fingerprint density at radius 1 is 1.00 bits per heavy atom. The normalized spacial score (nSPS) is 13.0. The predicted octanol–water partition coefficient (Wildman–Crippen LogP) is 1.25. The molecule has 0 atom stereocenters. The predicted molar refractivity (Wildman–Crippen MR) is 83.3 cm³/mol. The van der Waals surface area contributed by atoms with Crippen molar-refractivity contribution in [1.82, 2.24) is 5.32 Å². The van der Waals surface area contributed by atoms with Crippen LogP contribution in [0.4, 0.5) is 0 Å². The van der Waals surface area contributed by atoms with Gasteiger partial charge in [-0.2, -0.15) is 0 Å². The molecule has 0 fully saturated rings. The van der Waals surface area contributed by atoms with Gasteiger partial charge >= 0.3 is 5.97 Å². The van der Waals surface area contributed by atoms with E-state index in [-0.39, 0.29) is 32.1 Å².